The maximum atomic E-state index is 12.6. The summed E-state index contributed by atoms with van der Waals surface area (Å²) in [4.78, 5) is 24.8. The van der Waals surface area contributed by atoms with Crippen LogP contribution in [0, 0.1) is 0 Å². The molecule has 0 aliphatic carbocycles. The Kier molecular flexibility index (Phi) is 5.24. The van der Waals surface area contributed by atoms with Gasteiger partial charge in [-0.15, -0.1) is 0 Å². The third-order valence-electron chi connectivity index (χ3n) is 3.53. The topological polar surface area (TPSA) is 58.6 Å². The molecule has 25 heavy (non-hydrogen) atoms. The van der Waals surface area contributed by atoms with Gasteiger partial charge in [0.25, 0.3) is 11.8 Å². The lowest BCUT2D eigenvalue weighted by Crippen LogP contribution is -2.35. The van der Waals surface area contributed by atoms with Crippen molar-refractivity contribution in [2.45, 2.75) is 6.92 Å². The zero-order valence-electron chi connectivity index (χ0n) is 13.3. The molecule has 1 N–H and O–H groups in total. The number of nitrogens with zero attached hydrogens (tertiary/aromatic N) is 1. The molecule has 2 aromatic carbocycles. The van der Waals surface area contributed by atoms with E-state index in [4.69, 9.17) is 4.74 Å². The number of hydrogen-bond donors (Lipinski definition) is 1. The Bertz CT molecular complexity index is 843. The summed E-state index contributed by atoms with van der Waals surface area (Å²) in [5, 5.41) is 1.24. The average molecular weight is 466 g/mol. The van der Waals surface area contributed by atoms with Gasteiger partial charge >= 0.3 is 0 Å². The number of rotatable bonds is 4. The highest BCUT2D eigenvalue weighted by molar-refractivity contribution is 9.11. The number of ether oxygens (including phenoxy) is 1. The fourth-order valence-corrected chi connectivity index (χ4v) is 3.88. The molecular formula is C18H14Br2N2O3. The van der Waals surface area contributed by atoms with Gasteiger partial charge in [0.15, 0.2) is 0 Å². The van der Waals surface area contributed by atoms with E-state index in [1.54, 1.807) is 42.5 Å². The number of anilines is 1. The Hall–Kier alpha value is -2.12. The van der Waals surface area contributed by atoms with Crippen LogP contribution in [0.15, 0.2) is 57.0 Å². The van der Waals surface area contributed by atoms with Gasteiger partial charge in [-0.05, 0) is 74.7 Å². The van der Waals surface area contributed by atoms with Crippen molar-refractivity contribution in [2.75, 3.05) is 11.6 Å². The van der Waals surface area contributed by atoms with E-state index in [9.17, 15) is 9.59 Å². The lowest BCUT2D eigenvalue weighted by molar-refractivity contribution is -0.117. The summed E-state index contributed by atoms with van der Waals surface area (Å²) in [6, 6.07) is 12.6. The summed E-state index contributed by atoms with van der Waals surface area (Å²) in [5.41, 5.74) is 3.97. The molecule has 0 saturated carbocycles. The first kappa shape index (κ1) is 17.7. The van der Waals surface area contributed by atoms with Crippen LogP contribution in [0.1, 0.15) is 12.5 Å². The molecule has 5 nitrogen and oxygen atoms in total. The van der Waals surface area contributed by atoms with Crippen LogP contribution in [-0.2, 0) is 9.59 Å². The van der Waals surface area contributed by atoms with Crippen LogP contribution in [0.25, 0.3) is 6.08 Å². The lowest BCUT2D eigenvalue weighted by atomic mass is 10.1. The molecule has 0 atom stereocenters. The van der Waals surface area contributed by atoms with Gasteiger partial charge in [0.1, 0.15) is 11.3 Å². The number of para-hydroxylation sites is 1. The third kappa shape index (κ3) is 3.62. The maximum absolute atomic E-state index is 12.6. The Morgan fingerprint density at radius 2 is 1.76 bits per heavy atom. The Labute approximate surface area is 161 Å². The highest BCUT2D eigenvalue weighted by Gasteiger charge is 2.34. The third-order valence-corrected chi connectivity index (χ3v) is 4.70. The molecule has 0 radical (unpaired) electrons. The van der Waals surface area contributed by atoms with Crippen LogP contribution < -0.4 is 15.2 Å². The number of benzene rings is 2. The van der Waals surface area contributed by atoms with Crippen molar-refractivity contribution < 1.29 is 14.3 Å². The largest absolute Gasteiger partial charge is 0.492 e. The van der Waals surface area contributed by atoms with E-state index in [1.165, 1.54) is 5.01 Å². The van der Waals surface area contributed by atoms with Crippen LogP contribution in [0.5, 0.6) is 5.75 Å². The molecule has 2 aromatic rings. The predicted octanol–water partition coefficient (Wildman–Crippen LogP) is 4.07. The number of carbonyl (C=O) groups is 2. The molecule has 0 aromatic heterocycles. The van der Waals surface area contributed by atoms with Crippen molar-refractivity contribution in [2.24, 2.45) is 0 Å². The van der Waals surface area contributed by atoms with Crippen molar-refractivity contribution in [1.82, 2.24) is 5.43 Å². The normalized spacial score (nSPS) is 15.6. The van der Waals surface area contributed by atoms with Gasteiger partial charge in [-0.2, -0.15) is 0 Å². The van der Waals surface area contributed by atoms with Crippen molar-refractivity contribution in [3.05, 3.63) is 62.5 Å². The SMILES string of the molecule is CCOc1c(Br)cc(/C=C2/C(=O)NN(c3ccccc3)C2=O)cc1Br. The molecule has 1 aliphatic rings. The van der Waals surface area contributed by atoms with E-state index in [0.717, 1.165) is 8.95 Å². The van der Waals surface area contributed by atoms with Crippen molar-refractivity contribution in [3.8, 4) is 5.75 Å². The second-order valence-corrected chi connectivity index (χ2v) is 6.93. The van der Waals surface area contributed by atoms with E-state index in [2.05, 4.69) is 37.3 Å². The van der Waals surface area contributed by atoms with Crippen LogP contribution in [0.2, 0.25) is 0 Å². The number of amides is 2. The smallest absolute Gasteiger partial charge is 0.282 e. The summed E-state index contributed by atoms with van der Waals surface area (Å²) in [5.74, 6) is -0.148. The first-order valence-corrected chi connectivity index (χ1v) is 9.14. The lowest BCUT2D eigenvalue weighted by Gasteiger charge is -2.13. The van der Waals surface area contributed by atoms with Gasteiger partial charge in [-0.1, -0.05) is 18.2 Å². The summed E-state index contributed by atoms with van der Waals surface area (Å²) in [6.45, 7) is 2.43. The molecule has 3 rings (SSSR count). The summed E-state index contributed by atoms with van der Waals surface area (Å²) in [6.07, 6.45) is 1.56. The van der Waals surface area contributed by atoms with Gasteiger partial charge in [-0.3, -0.25) is 15.0 Å². The van der Waals surface area contributed by atoms with E-state index in [1.807, 2.05) is 13.0 Å². The van der Waals surface area contributed by atoms with E-state index < -0.39 is 11.8 Å². The highest BCUT2D eigenvalue weighted by atomic mass is 79.9. The molecular weight excluding hydrogens is 452 g/mol. The van der Waals surface area contributed by atoms with Gasteiger partial charge < -0.3 is 4.74 Å². The molecule has 128 valence electrons. The molecule has 1 aliphatic heterocycles. The molecule has 0 unspecified atom stereocenters. The second kappa shape index (κ2) is 7.41. The Morgan fingerprint density at radius 3 is 2.36 bits per heavy atom. The van der Waals surface area contributed by atoms with Crippen molar-refractivity contribution in [3.63, 3.8) is 0 Å². The quantitative estimate of drug-likeness (QED) is 0.546. The number of halogens is 2. The first-order valence-electron chi connectivity index (χ1n) is 7.55. The van der Waals surface area contributed by atoms with Gasteiger partial charge in [0, 0.05) is 0 Å². The number of hydrogen-bond acceptors (Lipinski definition) is 3. The molecule has 0 bridgehead atoms. The molecule has 1 fully saturated rings. The van der Waals surface area contributed by atoms with E-state index in [0.29, 0.717) is 23.6 Å². The predicted molar refractivity (Wildman–Crippen MR) is 103 cm³/mol. The van der Waals surface area contributed by atoms with Gasteiger partial charge in [-0.25, -0.2) is 5.01 Å². The molecule has 0 spiro atoms. The fourth-order valence-electron chi connectivity index (χ4n) is 2.43. The molecule has 1 saturated heterocycles. The highest BCUT2D eigenvalue weighted by Crippen LogP contribution is 2.35. The standard InChI is InChI=1S/C18H14Br2N2O3/c1-2-25-16-14(19)9-11(10-15(16)20)8-13-17(23)21-22(18(13)24)12-6-4-3-5-7-12/h3-10H,2H2,1H3,(H,21,23)/b13-8-. The number of carbonyl (C=O) groups excluding carboxylic acids is 2. The van der Waals surface area contributed by atoms with E-state index >= 15 is 0 Å². The van der Waals surface area contributed by atoms with Crippen LogP contribution in [0.4, 0.5) is 5.69 Å². The minimum atomic E-state index is -0.435. The Balaban J connectivity index is 1.94. The maximum Gasteiger partial charge on any atom is 0.282 e. The Morgan fingerprint density at radius 1 is 1.12 bits per heavy atom. The zero-order chi connectivity index (χ0) is 18.0. The molecule has 1 heterocycles. The second-order valence-electron chi connectivity index (χ2n) is 5.22. The summed E-state index contributed by atoms with van der Waals surface area (Å²) >= 11 is 6.89. The minimum Gasteiger partial charge on any atom is -0.492 e. The zero-order valence-corrected chi connectivity index (χ0v) is 16.4. The van der Waals surface area contributed by atoms with Crippen LogP contribution in [-0.4, -0.2) is 18.4 Å². The summed E-state index contributed by atoms with van der Waals surface area (Å²) < 4.78 is 7.02. The number of hydrazine groups is 1. The van der Waals surface area contributed by atoms with Gasteiger partial charge in [0.2, 0.25) is 0 Å². The van der Waals surface area contributed by atoms with Crippen molar-refractivity contribution in [1.29, 1.82) is 0 Å². The van der Waals surface area contributed by atoms with E-state index in [-0.39, 0.29) is 5.57 Å². The molecule has 7 heteroatoms. The monoisotopic (exact) mass is 464 g/mol. The van der Waals surface area contributed by atoms with Crippen molar-refractivity contribution >= 4 is 55.4 Å². The average Bonchev–Trinajstić information content (AvgIpc) is 2.87. The van der Waals surface area contributed by atoms with Crippen LogP contribution >= 0.6 is 31.9 Å². The fraction of sp³-hybridized carbons (Fsp3) is 0.111. The number of nitrogens with one attached hydrogen (secondary N) is 1. The van der Waals surface area contributed by atoms with Gasteiger partial charge in [0.05, 0.1) is 21.2 Å². The molecule has 2 amide bonds. The summed E-state index contributed by atoms with van der Waals surface area (Å²) in [7, 11) is 0. The minimum absolute atomic E-state index is 0.0758. The first-order chi connectivity index (χ1) is 12.0. The van der Waals surface area contributed by atoms with Crippen LogP contribution in [0.3, 0.4) is 0 Å².